The second-order valence-corrected chi connectivity index (χ2v) is 28.9. The Morgan fingerprint density at radius 2 is 1.23 bits per heavy atom. The van der Waals surface area contributed by atoms with Crippen molar-refractivity contribution in [3.8, 4) is 0 Å². The standard InChI is InChI=1S/C37H59P7/c1-6-25-14-13-21-41(25)30-15-9-10-16-31(30)42-26(7-2)22-27(29(42)8-3)28-23-34(24(4)5)43(37(28)40)32-17-11-12-18-33(32)44-35(38)19-20-36(44)39/h9-12,15-18,24-29,34-37H,6-8,13-14,19-23,38-40H2,1-5H3/t25-,26-,27?,28?,29-,34+,35+,36+,37+,41?,42?,43?/m1/s1. The maximum absolute atomic E-state index is 3.56. The molecule has 0 saturated carbocycles. The molecule has 2 aromatic carbocycles. The minimum atomic E-state index is -0.197. The van der Waals surface area contributed by atoms with Gasteiger partial charge in [0.25, 0.3) is 0 Å². The van der Waals surface area contributed by atoms with Crippen molar-refractivity contribution in [3.05, 3.63) is 48.5 Å². The third kappa shape index (κ3) is 6.66. The molecule has 44 heavy (non-hydrogen) atoms. The summed E-state index contributed by atoms with van der Waals surface area (Å²) in [5, 5.41) is 9.61. The molecule has 2 aromatic rings. The summed E-state index contributed by atoms with van der Waals surface area (Å²) in [4.78, 5) is 0. The lowest BCUT2D eigenvalue weighted by Gasteiger charge is -2.35. The third-order valence-electron chi connectivity index (χ3n) is 11.9. The Hall–Kier alpha value is 1.45. The van der Waals surface area contributed by atoms with Crippen molar-refractivity contribution in [2.45, 2.75) is 131 Å². The van der Waals surface area contributed by atoms with Crippen molar-refractivity contribution in [3.63, 3.8) is 0 Å². The van der Waals surface area contributed by atoms with Gasteiger partial charge in [0.15, 0.2) is 0 Å². The molecule has 0 aromatic heterocycles. The van der Waals surface area contributed by atoms with Crippen LogP contribution in [-0.4, -0.2) is 45.0 Å². The Morgan fingerprint density at radius 1 is 0.659 bits per heavy atom. The van der Waals surface area contributed by atoms with Gasteiger partial charge in [-0.15, -0.1) is 27.7 Å². The van der Waals surface area contributed by atoms with Crippen molar-refractivity contribution >= 4 is 80.6 Å². The third-order valence-corrected chi connectivity index (χ3v) is 29.7. The molecular formula is C37H59P7. The highest BCUT2D eigenvalue weighted by Gasteiger charge is 2.53. The zero-order valence-electron chi connectivity index (χ0n) is 28.0. The zero-order valence-corrected chi connectivity index (χ0v) is 35.0. The first-order valence-electron chi connectivity index (χ1n) is 17.9. The van der Waals surface area contributed by atoms with E-state index in [1.54, 1.807) is 10.6 Å². The molecule has 6 rings (SSSR count). The first-order valence-corrected chi connectivity index (χ1v) is 25.9. The summed E-state index contributed by atoms with van der Waals surface area (Å²) in [5.74, 6) is 2.52. The molecule has 4 aliphatic rings. The van der Waals surface area contributed by atoms with E-state index in [4.69, 9.17) is 0 Å². The Labute approximate surface area is 283 Å². The highest BCUT2D eigenvalue weighted by molar-refractivity contribution is 7.81. The van der Waals surface area contributed by atoms with E-state index in [9.17, 15) is 0 Å². The van der Waals surface area contributed by atoms with Crippen LogP contribution in [0.25, 0.3) is 0 Å². The molecule has 0 N–H and O–H groups in total. The summed E-state index contributed by atoms with van der Waals surface area (Å²) in [6.07, 6.45) is 14.3. The van der Waals surface area contributed by atoms with Gasteiger partial charge < -0.3 is 0 Å². The minimum Gasteiger partial charge on any atom is -0.129 e. The second-order valence-electron chi connectivity index (χ2n) is 14.4. The molecule has 242 valence electrons. The Morgan fingerprint density at radius 3 is 1.80 bits per heavy atom. The second kappa shape index (κ2) is 15.6. The molecule has 0 bridgehead atoms. The van der Waals surface area contributed by atoms with Crippen LogP contribution in [0, 0.1) is 17.8 Å². The van der Waals surface area contributed by atoms with E-state index >= 15 is 0 Å². The number of benzene rings is 2. The van der Waals surface area contributed by atoms with Gasteiger partial charge in [-0.25, -0.2) is 0 Å². The number of rotatable bonds is 9. The van der Waals surface area contributed by atoms with Gasteiger partial charge in [-0.05, 0) is 136 Å². The SMILES string of the molecule is CC[C@@H]1CCCP1c1ccccc1P1[C@H](CC)CC(C2C[C@@H](C(C)C)P(c3ccccc3P3[C@H](P)CC[C@H]3P)[C@@H]2P)[C@H]1CC. The Balaban J connectivity index is 1.35. The van der Waals surface area contributed by atoms with E-state index in [1.807, 2.05) is 10.6 Å². The Kier molecular flexibility index (Phi) is 12.5. The van der Waals surface area contributed by atoms with Crippen molar-refractivity contribution in [2.24, 2.45) is 17.8 Å². The largest absolute Gasteiger partial charge is 0.129 e. The van der Waals surface area contributed by atoms with Crippen LogP contribution in [0.1, 0.15) is 92.4 Å². The fourth-order valence-electron chi connectivity index (χ4n) is 9.71. The van der Waals surface area contributed by atoms with E-state index < -0.39 is 0 Å². The van der Waals surface area contributed by atoms with E-state index in [1.165, 1.54) is 63.9 Å². The fraction of sp³-hybridized carbons (Fsp3) is 0.676. The summed E-state index contributed by atoms with van der Waals surface area (Å²) in [7, 11) is 9.71. The minimum absolute atomic E-state index is 0.0223. The summed E-state index contributed by atoms with van der Waals surface area (Å²) >= 11 is 0. The van der Waals surface area contributed by atoms with E-state index in [0.717, 1.165) is 56.6 Å². The monoisotopic (exact) mass is 720 g/mol. The molecule has 4 saturated heterocycles. The molecule has 8 unspecified atom stereocenters. The molecule has 0 aliphatic carbocycles. The van der Waals surface area contributed by atoms with Crippen LogP contribution in [0.2, 0.25) is 0 Å². The molecule has 4 aliphatic heterocycles. The van der Waals surface area contributed by atoms with Gasteiger partial charge in [0.1, 0.15) is 0 Å². The maximum Gasteiger partial charge on any atom is 0.00120 e. The molecule has 0 radical (unpaired) electrons. The average molecular weight is 721 g/mol. The molecular weight excluding hydrogens is 661 g/mol. The zero-order chi connectivity index (χ0) is 31.1. The van der Waals surface area contributed by atoms with Gasteiger partial charge in [0.2, 0.25) is 0 Å². The van der Waals surface area contributed by atoms with Gasteiger partial charge >= 0.3 is 0 Å². The van der Waals surface area contributed by atoms with Crippen molar-refractivity contribution < 1.29 is 0 Å². The van der Waals surface area contributed by atoms with E-state index in [2.05, 4.69) is 111 Å². The average Bonchev–Trinajstić information content (AvgIpc) is 3.81. The van der Waals surface area contributed by atoms with E-state index in [-0.39, 0.29) is 31.7 Å². The van der Waals surface area contributed by atoms with Crippen LogP contribution in [0.4, 0.5) is 0 Å². The lowest BCUT2D eigenvalue weighted by atomic mass is 9.82. The van der Waals surface area contributed by atoms with Crippen LogP contribution in [0.3, 0.4) is 0 Å². The van der Waals surface area contributed by atoms with Crippen LogP contribution in [0.5, 0.6) is 0 Å². The quantitative estimate of drug-likeness (QED) is 0.226. The molecule has 0 nitrogen and oxygen atoms in total. The van der Waals surface area contributed by atoms with Gasteiger partial charge in [-0.2, -0.15) is 0 Å². The highest BCUT2D eigenvalue weighted by Crippen LogP contribution is 2.70. The lowest BCUT2D eigenvalue weighted by Crippen LogP contribution is -2.31. The molecule has 7 heteroatoms. The first kappa shape index (κ1) is 35.3. The number of hydrogen-bond acceptors (Lipinski definition) is 0. The topological polar surface area (TPSA) is 0 Å². The molecule has 4 fully saturated rings. The first-order chi connectivity index (χ1) is 21.3. The summed E-state index contributed by atoms with van der Waals surface area (Å²) in [6.45, 7) is 12.7. The van der Waals surface area contributed by atoms with Gasteiger partial charge in [0, 0.05) is 5.40 Å². The van der Waals surface area contributed by atoms with Crippen LogP contribution in [0.15, 0.2) is 48.5 Å². The fourth-order valence-corrected chi connectivity index (χ4v) is 29.2. The molecule has 4 heterocycles. The summed E-state index contributed by atoms with van der Waals surface area (Å²) in [6, 6.07) is 19.9. The molecule has 0 amide bonds. The van der Waals surface area contributed by atoms with Crippen LogP contribution >= 0.6 is 59.4 Å². The van der Waals surface area contributed by atoms with Crippen molar-refractivity contribution in [1.82, 2.24) is 0 Å². The summed E-state index contributed by atoms with van der Waals surface area (Å²) in [5.41, 5.74) is 3.62. The smallest absolute Gasteiger partial charge is 0.00120 e. The molecule has 15 atom stereocenters. The van der Waals surface area contributed by atoms with E-state index in [0.29, 0.717) is 0 Å². The lowest BCUT2D eigenvalue weighted by molar-refractivity contribution is 0.313. The van der Waals surface area contributed by atoms with Crippen molar-refractivity contribution in [1.29, 1.82) is 0 Å². The predicted octanol–water partition coefficient (Wildman–Crippen LogP) is 10.4. The highest BCUT2D eigenvalue weighted by atomic mass is 31.2. The van der Waals surface area contributed by atoms with Gasteiger partial charge in [-0.3, -0.25) is 0 Å². The van der Waals surface area contributed by atoms with Crippen LogP contribution < -0.4 is 21.2 Å². The summed E-state index contributed by atoms with van der Waals surface area (Å²) < 4.78 is 0. The normalized spacial score (nSPS) is 39.6. The maximum atomic E-state index is 3.56. The van der Waals surface area contributed by atoms with Gasteiger partial charge in [-0.1, -0.05) is 115 Å². The van der Waals surface area contributed by atoms with Gasteiger partial charge in [0.05, 0.1) is 0 Å². The molecule has 0 spiro atoms. The predicted molar refractivity (Wildman–Crippen MR) is 220 cm³/mol. The van der Waals surface area contributed by atoms with Crippen LogP contribution in [-0.2, 0) is 0 Å². The Bertz CT molecular complexity index is 1240. The number of hydrogen-bond donors (Lipinski definition) is 0. The van der Waals surface area contributed by atoms with Crippen molar-refractivity contribution in [2.75, 3.05) is 6.16 Å².